The third-order valence-corrected chi connectivity index (χ3v) is 2.30. The number of alkyl halides is 1. The van der Waals surface area contributed by atoms with Crippen LogP contribution in [-0.4, -0.2) is 28.5 Å². The highest BCUT2D eigenvalue weighted by molar-refractivity contribution is 14.1. The predicted molar refractivity (Wildman–Crippen MR) is 44.5 cm³/mol. The van der Waals surface area contributed by atoms with Crippen LogP contribution in [0.25, 0.3) is 0 Å². The molecule has 2 heteroatoms. The van der Waals surface area contributed by atoms with Crippen LogP contribution in [0.2, 0.25) is 0 Å². The lowest BCUT2D eigenvalue weighted by atomic mass is 10.4. The standard InChI is InChI=1S/C6H12IN/c1-2-8-5-6(8)3-4-7/h6H,2-5H2,1H3. The molecule has 1 heterocycles. The van der Waals surface area contributed by atoms with Crippen molar-refractivity contribution in [3.63, 3.8) is 0 Å². The highest BCUT2D eigenvalue weighted by Crippen LogP contribution is 2.19. The van der Waals surface area contributed by atoms with E-state index in [1.54, 1.807) is 0 Å². The van der Waals surface area contributed by atoms with E-state index in [4.69, 9.17) is 0 Å². The van der Waals surface area contributed by atoms with E-state index in [1.165, 1.54) is 23.9 Å². The third-order valence-electron chi connectivity index (χ3n) is 1.68. The van der Waals surface area contributed by atoms with E-state index in [2.05, 4.69) is 34.4 Å². The molecule has 1 aliphatic heterocycles. The maximum atomic E-state index is 2.50. The van der Waals surface area contributed by atoms with Crippen molar-refractivity contribution in [1.29, 1.82) is 0 Å². The maximum Gasteiger partial charge on any atom is 0.0231 e. The number of likely N-dealkylation sites (N-methyl/N-ethyl adjacent to an activating group) is 1. The molecule has 1 aliphatic rings. The van der Waals surface area contributed by atoms with Gasteiger partial charge in [0.2, 0.25) is 0 Å². The summed E-state index contributed by atoms with van der Waals surface area (Å²) < 4.78 is 1.32. The molecule has 0 aromatic heterocycles. The molecular weight excluding hydrogens is 213 g/mol. The Labute approximate surface area is 64.6 Å². The van der Waals surface area contributed by atoms with E-state index in [9.17, 15) is 0 Å². The molecule has 0 aromatic carbocycles. The van der Waals surface area contributed by atoms with Crippen LogP contribution in [0.5, 0.6) is 0 Å². The summed E-state index contributed by atoms with van der Waals surface area (Å²) in [5, 5.41) is 0. The lowest BCUT2D eigenvalue weighted by Gasteiger charge is -1.93. The Morgan fingerprint density at radius 1 is 1.75 bits per heavy atom. The molecule has 48 valence electrons. The van der Waals surface area contributed by atoms with Gasteiger partial charge in [0.1, 0.15) is 0 Å². The fraction of sp³-hybridized carbons (Fsp3) is 1.00. The fourth-order valence-corrected chi connectivity index (χ4v) is 1.73. The van der Waals surface area contributed by atoms with Crippen LogP contribution in [0, 0.1) is 0 Å². The van der Waals surface area contributed by atoms with E-state index < -0.39 is 0 Å². The molecule has 1 nitrogen and oxygen atoms in total. The fourth-order valence-electron chi connectivity index (χ4n) is 1.01. The molecule has 0 amide bonds. The second-order valence-corrected chi connectivity index (χ2v) is 3.30. The van der Waals surface area contributed by atoms with Crippen LogP contribution in [0.3, 0.4) is 0 Å². The van der Waals surface area contributed by atoms with E-state index in [-0.39, 0.29) is 0 Å². The van der Waals surface area contributed by atoms with Crippen molar-refractivity contribution < 1.29 is 0 Å². The third kappa shape index (κ3) is 1.58. The zero-order chi connectivity index (χ0) is 5.98. The van der Waals surface area contributed by atoms with E-state index in [0.29, 0.717) is 0 Å². The summed E-state index contributed by atoms with van der Waals surface area (Å²) in [6.07, 6.45) is 1.40. The molecule has 0 saturated carbocycles. The van der Waals surface area contributed by atoms with Crippen molar-refractivity contribution in [1.82, 2.24) is 4.90 Å². The Kier molecular flexibility index (Phi) is 2.56. The van der Waals surface area contributed by atoms with Gasteiger partial charge in [-0.1, -0.05) is 29.5 Å². The Morgan fingerprint density at radius 3 is 2.88 bits per heavy atom. The molecule has 0 spiro atoms. The molecule has 1 saturated heterocycles. The first-order chi connectivity index (χ1) is 3.88. The Bertz CT molecular complexity index is 74.9. The molecule has 0 radical (unpaired) electrons. The first-order valence-corrected chi connectivity index (χ1v) is 4.71. The number of rotatable bonds is 3. The number of hydrogen-bond acceptors (Lipinski definition) is 1. The quantitative estimate of drug-likeness (QED) is 0.399. The monoisotopic (exact) mass is 225 g/mol. The molecule has 1 rings (SSSR count). The van der Waals surface area contributed by atoms with Crippen LogP contribution in [0.15, 0.2) is 0 Å². The van der Waals surface area contributed by atoms with E-state index >= 15 is 0 Å². The zero-order valence-corrected chi connectivity index (χ0v) is 7.39. The Morgan fingerprint density at radius 2 is 2.50 bits per heavy atom. The summed E-state index contributed by atoms with van der Waals surface area (Å²) in [5.74, 6) is 0. The largest absolute Gasteiger partial charge is 0.298 e. The number of nitrogens with zero attached hydrogens (tertiary/aromatic N) is 1. The zero-order valence-electron chi connectivity index (χ0n) is 5.23. The maximum absolute atomic E-state index is 2.50. The Hall–Kier alpha value is 0.690. The van der Waals surface area contributed by atoms with Crippen molar-refractivity contribution in [2.24, 2.45) is 0 Å². The summed E-state index contributed by atoms with van der Waals surface area (Å²) in [6.45, 7) is 4.84. The summed E-state index contributed by atoms with van der Waals surface area (Å²) in [4.78, 5) is 2.50. The highest BCUT2D eigenvalue weighted by atomic mass is 127. The van der Waals surface area contributed by atoms with Gasteiger partial charge in [0.25, 0.3) is 0 Å². The molecule has 1 fully saturated rings. The first kappa shape index (κ1) is 6.81. The average Bonchev–Trinajstić information content (AvgIpc) is 2.48. The molecule has 0 N–H and O–H groups in total. The minimum atomic E-state index is 0.955. The Balaban J connectivity index is 1.99. The van der Waals surface area contributed by atoms with Crippen LogP contribution in [0.1, 0.15) is 13.3 Å². The summed E-state index contributed by atoms with van der Waals surface area (Å²) >= 11 is 2.44. The molecular formula is C6H12IN. The lowest BCUT2D eigenvalue weighted by Crippen LogP contribution is -1.99. The van der Waals surface area contributed by atoms with Crippen LogP contribution >= 0.6 is 22.6 Å². The predicted octanol–water partition coefficient (Wildman–Crippen LogP) is 1.52. The lowest BCUT2D eigenvalue weighted by molar-refractivity contribution is 0.530. The minimum Gasteiger partial charge on any atom is -0.298 e. The van der Waals surface area contributed by atoms with Gasteiger partial charge in [0.15, 0.2) is 0 Å². The topological polar surface area (TPSA) is 3.01 Å². The van der Waals surface area contributed by atoms with Crippen LogP contribution < -0.4 is 0 Å². The first-order valence-electron chi connectivity index (χ1n) is 3.18. The summed E-state index contributed by atoms with van der Waals surface area (Å²) in [6, 6.07) is 0.955. The van der Waals surface area contributed by atoms with Gasteiger partial charge >= 0.3 is 0 Å². The average molecular weight is 225 g/mol. The van der Waals surface area contributed by atoms with Gasteiger partial charge < -0.3 is 0 Å². The normalized spacial score (nSPS) is 35.2. The van der Waals surface area contributed by atoms with Crippen molar-refractivity contribution >= 4 is 22.6 Å². The molecule has 8 heavy (non-hydrogen) atoms. The SMILES string of the molecule is CCN1CC1CCI. The smallest absolute Gasteiger partial charge is 0.0231 e. The van der Waals surface area contributed by atoms with Crippen LogP contribution in [-0.2, 0) is 0 Å². The summed E-state index contributed by atoms with van der Waals surface area (Å²) in [5.41, 5.74) is 0. The van der Waals surface area contributed by atoms with Gasteiger partial charge in [-0.2, -0.15) is 0 Å². The van der Waals surface area contributed by atoms with E-state index in [1.807, 2.05) is 0 Å². The second kappa shape index (κ2) is 3.01. The van der Waals surface area contributed by atoms with Crippen molar-refractivity contribution in [3.8, 4) is 0 Å². The summed E-state index contributed by atoms with van der Waals surface area (Å²) in [7, 11) is 0. The van der Waals surface area contributed by atoms with Crippen molar-refractivity contribution in [2.75, 3.05) is 17.5 Å². The van der Waals surface area contributed by atoms with Gasteiger partial charge in [0.05, 0.1) is 0 Å². The van der Waals surface area contributed by atoms with Gasteiger partial charge in [-0.25, -0.2) is 0 Å². The minimum absolute atomic E-state index is 0.955. The van der Waals surface area contributed by atoms with Crippen LogP contribution in [0.4, 0.5) is 0 Å². The molecule has 2 unspecified atom stereocenters. The number of hydrogen-bond donors (Lipinski definition) is 0. The highest BCUT2D eigenvalue weighted by Gasteiger charge is 2.30. The van der Waals surface area contributed by atoms with Crippen molar-refractivity contribution in [2.45, 2.75) is 19.4 Å². The molecule has 2 atom stereocenters. The second-order valence-electron chi connectivity index (χ2n) is 2.22. The van der Waals surface area contributed by atoms with Gasteiger partial charge in [-0.15, -0.1) is 0 Å². The van der Waals surface area contributed by atoms with Gasteiger partial charge in [-0.3, -0.25) is 4.90 Å². The van der Waals surface area contributed by atoms with Gasteiger partial charge in [0, 0.05) is 17.0 Å². The molecule has 0 aliphatic carbocycles. The van der Waals surface area contributed by atoms with Gasteiger partial charge in [-0.05, 0) is 13.0 Å². The van der Waals surface area contributed by atoms with E-state index in [0.717, 1.165) is 6.04 Å². The molecule has 0 bridgehead atoms. The number of halogens is 1. The van der Waals surface area contributed by atoms with Crippen molar-refractivity contribution in [3.05, 3.63) is 0 Å². The molecule has 0 aromatic rings.